The Morgan fingerprint density at radius 1 is 1.24 bits per heavy atom. The van der Waals surface area contributed by atoms with Crippen molar-refractivity contribution in [2.45, 2.75) is 50.3 Å². The molecule has 0 aromatic rings. The maximum Gasteiger partial charge on any atom is 0.350 e. The van der Waals surface area contributed by atoms with E-state index in [9.17, 15) is 9.59 Å². The van der Waals surface area contributed by atoms with Crippen LogP contribution in [0, 0.1) is 0 Å². The topological polar surface area (TPSA) is 55.8 Å². The fourth-order valence-corrected chi connectivity index (χ4v) is 3.18. The molecule has 2 heterocycles. The van der Waals surface area contributed by atoms with Crippen LogP contribution in [-0.2, 0) is 19.1 Å². The molecule has 2 aliphatic heterocycles. The molecule has 17 heavy (non-hydrogen) atoms. The minimum atomic E-state index is -1.06. The first-order chi connectivity index (χ1) is 7.98. The third-order valence-corrected chi connectivity index (χ3v) is 4.01. The summed E-state index contributed by atoms with van der Waals surface area (Å²) in [6, 6.07) is 0.624. The van der Waals surface area contributed by atoms with E-state index < -0.39 is 17.5 Å². The van der Waals surface area contributed by atoms with Crippen LogP contribution >= 0.6 is 0 Å². The van der Waals surface area contributed by atoms with Crippen LogP contribution in [0.4, 0.5) is 0 Å². The summed E-state index contributed by atoms with van der Waals surface area (Å²) in [5, 5.41) is 0. The van der Waals surface area contributed by atoms with Crippen LogP contribution in [0.15, 0.2) is 0 Å². The van der Waals surface area contributed by atoms with Gasteiger partial charge in [-0.3, -0.25) is 4.79 Å². The molecule has 5 nitrogen and oxygen atoms in total. The number of nitrogens with zero attached hydrogens (tertiary/aromatic N) is 1. The van der Waals surface area contributed by atoms with E-state index >= 15 is 0 Å². The Labute approximate surface area is 101 Å². The van der Waals surface area contributed by atoms with Gasteiger partial charge in [-0.2, -0.15) is 0 Å². The molecule has 0 aliphatic carbocycles. The SMILES string of the molecule is COC(=O)C1(OC(C)=O)C[C@H]2CC[C@@H](C1)N2C. The van der Waals surface area contributed by atoms with E-state index in [1.807, 2.05) is 0 Å². The summed E-state index contributed by atoms with van der Waals surface area (Å²) in [7, 11) is 3.41. The van der Waals surface area contributed by atoms with Gasteiger partial charge < -0.3 is 14.4 Å². The second kappa shape index (κ2) is 4.29. The Bertz CT molecular complexity index is 327. The molecular formula is C12H19NO4. The van der Waals surface area contributed by atoms with Gasteiger partial charge in [0.2, 0.25) is 5.60 Å². The quantitative estimate of drug-likeness (QED) is 0.667. The minimum absolute atomic E-state index is 0.312. The Hall–Kier alpha value is -1.10. The van der Waals surface area contributed by atoms with E-state index in [4.69, 9.17) is 9.47 Å². The molecule has 2 rings (SSSR count). The summed E-state index contributed by atoms with van der Waals surface area (Å²) in [6.07, 6.45) is 3.21. The van der Waals surface area contributed by atoms with E-state index in [0.29, 0.717) is 24.9 Å². The van der Waals surface area contributed by atoms with Gasteiger partial charge in [-0.05, 0) is 19.9 Å². The Morgan fingerprint density at radius 2 is 1.76 bits per heavy atom. The molecule has 0 spiro atoms. The molecule has 0 radical (unpaired) electrons. The molecule has 0 aromatic heterocycles. The first-order valence-electron chi connectivity index (χ1n) is 5.98. The van der Waals surface area contributed by atoms with Crippen molar-refractivity contribution in [2.24, 2.45) is 0 Å². The number of methoxy groups -OCH3 is 1. The third kappa shape index (κ3) is 2.04. The summed E-state index contributed by atoms with van der Waals surface area (Å²) in [5.41, 5.74) is -1.06. The highest BCUT2D eigenvalue weighted by Gasteiger charge is 2.54. The van der Waals surface area contributed by atoms with Crippen molar-refractivity contribution in [1.82, 2.24) is 4.90 Å². The molecule has 0 amide bonds. The molecule has 2 aliphatic rings. The fraction of sp³-hybridized carbons (Fsp3) is 0.833. The Kier molecular flexibility index (Phi) is 3.12. The van der Waals surface area contributed by atoms with Gasteiger partial charge in [0, 0.05) is 31.8 Å². The predicted octanol–water partition coefficient (Wildman–Crippen LogP) is 0.718. The van der Waals surface area contributed by atoms with Gasteiger partial charge in [0.1, 0.15) is 0 Å². The van der Waals surface area contributed by atoms with Crippen molar-refractivity contribution in [3.8, 4) is 0 Å². The number of carbonyl (C=O) groups is 2. The minimum Gasteiger partial charge on any atom is -0.466 e. The zero-order valence-corrected chi connectivity index (χ0v) is 10.6. The molecule has 3 atom stereocenters. The number of esters is 2. The molecule has 0 N–H and O–H groups in total. The van der Waals surface area contributed by atoms with Crippen molar-refractivity contribution in [1.29, 1.82) is 0 Å². The second-order valence-corrected chi connectivity index (χ2v) is 5.04. The first-order valence-corrected chi connectivity index (χ1v) is 5.98. The lowest BCUT2D eigenvalue weighted by Gasteiger charge is -2.42. The van der Waals surface area contributed by atoms with Gasteiger partial charge in [-0.1, -0.05) is 0 Å². The van der Waals surface area contributed by atoms with Gasteiger partial charge in [-0.25, -0.2) is 4.79 Å². The van der Waals surface area contributed by atoms with E-state index in [1.54, 1.807) is 0 Å². The van der Waals surface area contributed by atoms with Gasteiger partial charge in [0.05, 0.1) is 7.11 Å². The maximum absolute atomic E-state index is 11.9. The standard InChI is InChI=1S/C12H19NO4/c1-8(14)17-12(11(15)16-3)6-9-4-5-10(7-12)13(9)2/h9-10H,4-7H2,1-3H3/t9-,10+,12?. The van der Waals surface area contributed by atoms with Crippen molar-refractivity contribution in [3.05, 3.63) is 0 Å². The number of ether oxygens (including phenoxy) is 2. The van der Waals surface area contributed by atoms with Crippen LogP contribution in [0.2, 0.25) is 0 Å². The highest BCUT2D eigenvalue weighted by atomic mass is 16.6. The van der Waals surface area contributed by atoms with Gasteiger partial charge in [-0.15, -0.1) is 0 Å². The molecule has 0 saturated carbocycles. The largest absolute Gasteiger partial charge is 0.466 e. The van der Waals surface area contributed by atoms with Gasteiger partial charge in [0.15, 0.2) is 0 Å². The van der Waals surface area contributed by atoms with Crippen LogP contribution in [0.5, 0.6) is 0 Å². The smallest absolute Gasteiger partial charge is 0.350 e. The molecule has 0 aromatic carbocycles. The first kappa shape index (κ1) is 12.4. The average molecular weight is 241 g/mol. The van der Waals surface area contributed by atoms with Crippen molar-refractivity contribution >= 4 is 11.9 Å². The lowest BCUT2D eigenvalue weighted by molar-refractivity contribution is -0.188. The van der Waals surface area contributed by atoms with E-state index in [1.165, 1.54) is 14.0 Å². The predicted molar refractivity (Wildman–Crippen MR) is 60.3 cm³/mol. The zero-order valence-electron chi connectivity index (χ0n) is 10.6. The second-order valence-electron chi connectivity index (χ2n) is 5.04. The van der Waals surface area contributed by atoms with Crippen molar-refractivity contribution < 1.29 is 19.1 Å². The van der Waals surface area contributed by atoms with Crippen LogP contribution in [0.25, 0.3) is 0 Å². The maximum atomic E-state index is 11.9. The van der Waals surface area contributed by atoms with E-state index in [0.717, 1.165) is 12.8 Å². The number of fused-ring (bicyclic) bond motifs is 2. The van der Waals surface area contributed by atoms with Crippen LogP contribution in [-0.4, -0.2) is 48.7 Å². The van der Waals surface area contributed by atoms with E-state index in [-0.39, 0.29) is 0 Å². The van der Waals surface area contributed by atoms with E-state index in [2.05, 4.69) is 11.9 Å². The lowest BCUT2D eigenvalue weighted by atomic mass is 9.86. The van der Waals surface area contributed by atoms with Crippen molar-refractivity contribution in [3.63, 3.8) is 0 Å². The Balaban J connectivity index is 2.24. The molecule has 96 valence electrons. The summed E-state index contributed by atoms with van der Waals surface area (Å²) in [6.45, 7) is 1.34. The zero-order chi connectivity index (χ0) is 12.6. The fourth-order valence-electron chi connectivity index (χ4n) is 3.18. The molecule has 5 heteroatoms. The number of hydrogen-bond acceptors (Lipinski definition) is 5. The third-order valence-electron chi connectivity index (χ3n) is 4.01. The van der Waals surface area contributed by atoms with Gasteiger partial charge in [0.25, 0.3) is 0 Å². The van der Waals surface area contributed by atoms with Gasteiger partial charge >= 0.3 is 11.9 Å². The number of hydrogen-bond donors (Lipinski definition) is 0. The molecule has 2 saturated heterocycles. The highest BCUT2D eigenvalue weighted by molar-refractivity contribution is 5.83. The van der Waals surface area contributed by atoms with Crippen LogP contribution in [0.1, 0.15) is 32.6 Å². The molecule has 2 bridgehead atoms. The normalized spacial score (nSPS) is 36.6. The Morgan fingerprint density at radius 3 is 2.18 bits per heavy atom. The molecule has 1 unspecified atom stereocenters. The summed E-state index contributed by atoms with van der Waals surface area (Å²) in [5.74, 6) is -0.836. The number of rotatable bonds is 2. The average Bonchev–Trinajstić information content (AvgIpc) is 2.52. The van der Waals surface area contributed by atoms with Crippen LogP contribution in [0.3, 0.4) is 0 Å². The van der Waals surface area contributed by atoms with Crippen molar-refractivity contribution in [2.75, 3.05) is 14.2 Å². The number of carbonyl (C=O) groups excluding carboxylic acids is 2. The summed E-state index contributed by atoms with van der Waals surface area (Å²) in [4.78, 5) is 25.4. The monoisotopic (exact) mass is 241 g/mol. The molecular weight excluding hydrogens is 222 g/mol. The van der Waals surface area contributed by atoms with Crippen LogP contribution < -0.4 is 0 Å². The number of piperidine rings is 1. The molecule has 2 fully saturated rings. The summed E-state index contributed by atoms with van der Waals surface area (Å²) >= 11 is 0. The summed E-state index contributed by atoms with van der Waals surface area (Å²) < 4.78 is 10.1. The lowest BCUT2D eigenvalue weighted by Crippen LogP contribution is -2.55. The highest BCUT2D eigenvalue weighted by Crippen LogP contribution is 2.42.